The van der Waals surface area contributed by atoms with Gasteiger partial charge in [-0.05, 0) is 61.2 Å². The third kappa shape index (κ3) is 2.26. The molecule has 0 atom stereocenters. The Morgan fingerprint density at radius 1 is 1.04 bits per heavy atom. The van der Waals surface area contributed by atoms with Crippen LogP contribution in [0.3, 0.4) is 0 Å². The van der Waals surface area contributed by atoms with Gasteiger partial charge in [-0.15, -0.1) is 5.10 Å². The molecule has 0 aliphatic heterocycles. The molecule has 0 bridgehead atoms. The minimum atomic E-state index is -0.510. The molecule has 1 N–H and O–H groups in total. The van der Waals surface area contributed by atoms with Gasteiger partial charge in [0.25, 0.3) is 0 Å². The van der Waals surface area contributed by atoms with Crippen molar-refractivity contribution in [2.24, 2.45) is 0 Å². The van der Waals surface area contributed by atoms with Crippen LogP contribution in [0.15, 0.2) is 30.3 Å². The van der Waals surface area contributed by atoms with Gasteiger partial charge in [-0.25, -0.2) is 4.39 Å². The average Bonchev–Trinajstić information content (AvgIpc) is 3.07. The van der Waals surface area contributed by atoms with Crippen LogP contribution in [0.1, 0.15) is 36.6 Å². The summed E-state index contributed by atoms with van der Waals surface area (Å²) in [6.45, 7) is 8.08. The molecule has 0 fully saturated rings. The van der Waals surface area contributed by atoms with E-state index in [-0.39, 0.29) is 11.7 Å². The van der Waals surface area contributed by atoms with E-state index >= 15 is 0 Å². The van der Waals surface area contributed by atoms with Crippen LogP contribution in [-0.2, 0) is 0 Å². The highest BCUT2D eigenvalue weighted by molar-refractivity contribution is 5.98. The first-order valence-corrected chi connectivity index (χ1v) is 8.33. The number of halogens is 2. The van der Waals surface area contributed by atoms with Gasteiger partial charge in [0.05, 0.1) is 16.4 Å². The van der Waals surface area contributed by atoms with E-state index < -0.39 is 5.95 Å². The Morgan fingerprint density at radius 3 is 2.48 bits per heavy atom. The van der Waals surface area contributed by atoms with Gasteiger partial charge in [0.15, 0.2) is 0 Å². The number of nitrogens with zero attached hydrogens (tertiary/aromatic N) is 2. The fourth-order valence-corrected chi connectivity index (χ4v) is 3.68. The standard InChI is InChI=1S/C20H19F2N3/c1-10(2)19-12(4)14-8-17-15(20(22)24-23-17)9-18(14)25(19)13-5-6-16(21)11(3)7-13/h5-10H,1-4H3,(H,23,24). The van der Waals surface area contributed by atoms with Crippen molar-refractivity contribution in [2.75, 3.05) is 0 Å². The fourth-order valence-electron chi connectivity index (χ4n) is 3.68. The Bertz CT molecular complexity index is 1120. The lowest BCUT2D eigenvalue weighted by Crippen LogP contribution is -2.03. The van der Waals surface area contributed by atoms with Crippen LogP contribution in [0.4, 0.5) is 8.78 Å². The van der Waals surface area contributed by atoms with E-state index in [0.717, 1.165) is 27.8 Å². The van der Waals surface area contributed by atoms with E-state index in [9.17, 15) is 8.78 Å². The van der Waals surface area contributed by atoms with E-state index in [0.29, 0.717) is 16.5 Å². The summed E-state index contributed by atoms with van der Waals surface area (Å²) in [5.74, 6) is -0.478. The van der Waals surface area contributed by atoms with Crippen molar-refractivity contribution in [1.29, 1.82) is 0 Å². The van der Waals surface area contributed by atoms with Gasteiger partial charge in [0.2, 0.25) is 5.95 Å². The first-order valence-electron chi connectivity index (χ1n) is 8.33. The molecule has 0 radical (unpaired) electrons. The first-order chi connectivity index (χ1) is 11.9. The largest absolute Gasteiger partial charge is 0.313 e. The van der Waals surface area contributed by atoms with Gasteiger partial charge in [-0.1, -0.05) is 13.8 Å². The molecular formula is C20H19F2N3. The number of benzene rings is 2. The molecule has 3 nitrogen and oxygen atoms in total. The van der Waals surface area contributed by atoms with Gasteiger partial charge in [0.1, 0.15) is 5.82 Å². The number of fused-ring (bicyclic) bond motifs is 2. The van der Waals surface area contributed by atoms with Crippen LogP contribution in [0, 0.1) is 25.6 Å². The SMILES string of the molecule is Cc1cc(-n2c(C(C)C)c(C)c3cc4[nH]nc(F)c4cc32)ccc1F. The molecule has 0 spiro atoms. The zero-order valence-electron chi connectivity index (χ0n) is 14.6. The molecule has 0 unspecified atom stereocenters. The van der Waals surface area contributed by atoms with Gasteiger partial charge >= 0.3 is 0 Å². The molecule has 0 aliphatic carbocycles. The second-order valence-electron chi connectivity index (χ2n) is 6.86. The van der Waals surface area contributed by atoms with Crippen LogP contribution in [0.25, 0.3) is 27.5 Å². The highest BCUT2D eigenvalue weighted by Gasteiger charge is 2.20. The lowest BCUT2D eigenvalue weighted by molar-refractivity contribution is 0.588. The number of nitrogens with one attached hydrogen (secondary N) is 1. The van der Waals surface area contributed by atoms with Gasteiger partial charge in [-0.2, -0.15) is 4.39 Å². The second kappa shape index (κ2) is 5.41. The predicted molar refractivity (Wildman–Crippen MR) is 96.4 cm³/mol. The number of hydrogen-bond acceptors (Lipinski definition) is 1. The molecule has 4 aromatic rings. The maximum atomic E-state index is 14.0. The van der Waals surface area contributed by atoms with Crippen LogP contribution in [0.5, 0.6) is 0 Å². The number of aryl methyl sites for hydroxylation is 2. The Balaban J connectivity index is 2.15. The smallest absolute Gasteiger partial charge is 0.240 e. The fraction of sp³-hybridized carbons (Fsp3) is 0.250. The lowest BCUT2D eigenvalue weighted by atomic mass is 10.0. The minimum absolute atomic E-state index is 0.230. The summed E-state index contributed by atoms with van der Waals surface area (Å²) >= 11 is 0. The molecule has 128 valence electrons. The quantitative estimate of drug-likeness (QED) is 0.512. The maximum Gasteiger partial charge on any atom is 0.240 e. The molecule has 2 aromatic carbocycles. The van der Waals surface area contributed by atoms with Crippen LogP contribution < -0.4 is 0 Å². The van der Waals surface area contributed by atoms with Crippen LogP contribution in [-0.4, -0.2) is 14.8 Å². The summed E-state index contributed by atoms with van der Waals surface area (Å²) < 4.78 is 29.8. The summed E-state index contributed by atoms with van der Waals surface area (Å²) in [4.78, 5) is 0. The molecule has 0 amide bonds. The van der Waals surface area contributed by atoms with E-state index in [1.54, 1.807) is 13.0 Å². The molecule has 0 saturated heterocycles. The van der Waals surface area contributed by atoms with Crippen molar-refractivity contribution in [3.05, 3.63) is 58.9 Å². The summed E-state index contributed by atoms with van der Waals surface area (Å²) in [5, 5.41) is 7.90. The summed E-state index contributed by atoms with van der Waals surface area (Å²) in [7, 11) is 0. The summed E-state index contributed by atoms with van der Waals surface area (Å²) in [5.41, 5.74) is 5.33. The zero-order valence-corrected chi connectivity index (χ0v) is 14.6. The van der Waals surface area contributed by atoms with Crippen molar-refractivity contribution >= 4 is 21.8 Å². The van der Waals surface area contributed by atoms with Crippen molar-refractivity contribution in [3.63, 3.8) is 0 Å². The van der Waals surface area contributed by atoms with Crippen molar-refractivity contribution in [3.8, 4) is 5.69 Å². The van der Waals surface area contributed by atoms with Crippen LogP contribution in [0.2, 0.25) is 0 Å². The van der Waals surface area contributed by atoms with E-state index in [1.807, 2.05) is 18.2 Å². The highest BCUT2D eigenvalue weighted by Crippen LogP contribution is 2.36. The Hall–Kier alpha value is -2.69. The summed E-state index contributed by atoms with van der Waals surface area (Å²) in [6.07, 6.45) is 0. The summed E-state index contributed by atoms with van der Waals surface area (Å²) in [6, 6.07) is 8.84. The van der Waals surface area contributed by atoms with E-state index in [4.69, 9.17) is 0 Å². The molecule has 2 aromatic heterocycles. The highest BCUT2D eigenvalue weighted by atomic mass is 19.1. The molecule has 5 heteroatoms. The third-order valence-corrected chi connectivity index (χ3v) is 4.85. The average molecular weight is 339 g/mol. The number of hydrogen-bond donors (Lipinski definition) is 1. The van der Waals surface area contributed by atoms with Gasteiger partial charge in [-0.3, -0.25) is 5.10 Å². The lowest BCUT2D eigenvalue weighted by Gasteiger charge is -2.15. The first kappa shape index (κ1) is 15.8. The Morgan fingerprint density at radius 2 is 1.80 bits per heavy atom. The Labute approximate surface area is 144 Å². The zero-order chi connectivity index (χ0) is 17.9. The van der Waals surface area contributed by atoms with Crippen molar-refractivity contribution < 1.29 is 8.78 Å². The molecule has 0 aliphatic rings. The monoisotopic (exact) mass is 339 g/mol. The molecule has 25 heavy (non-hydrogen) atoms. The van der Waals surface area contributed by atoms with E-state index in [2.05, 4.69) is 35.5 Å². The van der Waals surface area contributed by atoms with Gasteiger partial charge in [0, 0.05) is 16.8 Å². The normalized spacial score (nSPS) is 12.0. The van der Waals surface area contributed by atoms with E-state index in [1.165, 1.54) is 6.07 Å². The van der Waals surface area contributed by atoms with Crippen LogP contribution >= 0.6 is 0 Å². The number of aromatic nitrogens is 3. The number of H-pyrrole nitrogens is 1. The third-order valence-electron chi connectivity index (χ3n) is 4.85. The maximum absolute atomic E-state index is 14.0. The second-order valence-corrected chi connectivity index (χ2v) is 6.86. The van der Waals surface area contributed by atoms with Crippen molar-refractivity contribution in [1.82, 2.24) is 14.8 Å². The number of rotatable bonds is 2. The predicted octanol–water partition coefficient (Wildman–Crippen LogP) is 5.53. The molecular weight excluding hydrogens is 320 g/mol. The minimum Gasteiger partial charge on any atom is -0.313 e. The molecule has 2 heterocycles. The van der Waals surface area contributed by atoms with Crippen molar-refractivity contribution in [2.45, 2.75) is 33.6 Å². The molecule has 0 saturated carbocycles. The number of aromatic amines is 1. The Kier molecular flexibility index (Phi) is 3.42. The topological polar surface area (TPSA) is 33.6 Å². The molecule has 4 rings (SSSR count). The van der Waals surface area contributed by atoms with Gasteiger partial charge < -0.3 is 4.57 Å².